The molecule has 6 heteroatoms. The fourth-order valence-corrected chi connectivity index (χ4v) is 4.45. The average molecular weight is 479 g/mol. The lowest BCUT2D eigenvalue weighted by molar-refractivity contribution is 0.0608. The molecule has 4 aromatic rings. The molecule has 182 valence electrons. The summed E-state index contributed by atoms with van der Waals surface area (Å²) in [4.78, 5) is 23.2. The van der Waals surface area contributed by atoms with Gasteiger partial charge in [0.25, 0.3) is 0 Å². The molecule has 6 nitrogen and oxygen atoms in total. The lowest BCUT2D eigenvalue weighted by Crippen LogP contribution is -2.40. The highest BCUT2D eigenvalue weighted by Crippen LogP contribution is 2.25. The number of hydrogen-bond acceptors (Lipinski definition) is 4. The second-order valence-electron chi connectivity index (χ2n) is 9.23. The van der Waals surface area contributed by atoms with E-state index in [0.29, 0.717) is 19.5 Å². The number of hydrogen-bond donors (Lipinski definition) is 1. The molecule has 0 saturated heterocycles. The van der Waals surface area contributed by atoms with Crippen LogP contribution in [0.2, 0.25) is 0 Å². The molecule has 0 fully saturated rings. The Morgan fingerprint density at radius 1 is 0.917 bits per heavy atom. The van der Waals surface area contributed by atoms with Crippen LogP contribution in [-0.2, 0) is 11.4 Å². The summed E-state index contributed by atoms with van der Waals surface area (Å²) in [5, 5.41) is 9.58. The third-order valence-corrected chi connectivity index (χ3v) is 6.41. The molecule has 0 spiro atoms. The Morgan fingerprint density at radius 3 is 2.42 bits per heavy atom. The first-order valence-electron chi connectivity index (χ1n) is 12.1. The molecule has 1 aliphatic rings. The Hall–Kier alpha value is -4.32. The van der Waals surface area contributed by atoms with Crippen LogP contribution in [0.4, 0.5) is 16.2 Å². The van der Waals surface area contributed by atoms with Crippen molar-refractivity contribution in [3.05, 3.63) is 108 Å². The SMILES string of the molecule is CN(C)c1ccc(C2=NOC(CN(Cc3ccccc3)C(=O)Nc3cccc4ccccc34)C2)cc1. The predicted octanol–water partition coefficient (Wildman–Crippen LogP) is 6.13. The van der Waals surface area contributed by atoms with Crippen molar-refractivity contribution in [1.29, 1.82) is 0 Å². The monoisotopic (exact) mass is 478 g/mol. The first kappa shape index (κ1) is 23.4. The van der Waals surface area contributed by atoms with Crippen LogP contribution in [0.3, 0.4) is 0 Å². The van der Waals surface area contributed by atoms with Crippen LogP contribution >= 0.6 is 0 Å². The van der Waals surface area contributed by atoms with Gasteiger partial charge in [0.2, 0.25) is 0 Å². The Kier molecular flexibility index (Phi) is 6.85. The van der Waals surface area contributed by atoms with Gasteiger partial charge in [0.05, 0.1) is 17.9 Å². The van der Waals surface area contributed by atoms with Crippen LogP contribution in [0.25, 0.3) is 10.8 Å². The molecule has 1 aliphatic heterocycles. The number of benzene rings is 4. The number of carbonyl (C=O) groups is 1. The smallest absolute Gasteiger partial charge is 0.322 e. The van der Waals surface area contributed by atoms with Crippen LogP contribution in [0.5, 0.6) is 0 Å². The molecule has 1 heterocycles. The summed E-state index contributed by atoms with van der Waals surface area (Å²) in [5.74, 6) is 0. The maximum absolute atomic E-state index is 13.5. The van der Waals surface area contributed by atoms with E-state index in [-0.39, 0.29) is 12.1 Å². The molecule has 0 aromatic heterocycles. The molecule has 0 bridgehead atoms. The molecule has 36 heavy (non-hydrogen) atoms. The van der Waals surface area contributed by atoms with Crippen LogP contribution in [-0.4, -0.2) is 43.4 Å². The van der Waals surface area contributed by atoms with E-state index >= 15 is 0 Å². The molecule has 0 radical (unpaired) electrons. The zero-order chi connectivity index (χ0) is 24.9. The maximum Gasteiger partial charge on any atom is 0.322 e. The maximum atomic E-state index is 13.5. The minimum atomic E-state index is -0.212. The Balaban J connectivity index is 1.31. The van der Waals surface area contributed by atoms with Crippen LogP contribution in [0.15, 0.2) is 102 Å². The van der Waals surface area contributed by atoms with Crippen molar-refractivity contribution in [1.82, 2.24) is 4.90 Å². The summed E-state index contributed by atoms with van der Waals surface area (Å²) in [6, 6.07) is 32.1. The predicted molar refractivity (Wildman–Crippen MR) is 147 cm³/mol. The highest BCUT2D eigenvalue weighted by Gasteiger charge is 2.27. The quantitative estimate of drug-likeness (QED) is 0.347. The van der Waals surface area contributed by atoms with Crippen LogP contribution in [0, 0.1) is 0 Å². The molecule has 1 N–H and O–H groups in total. The van der Waals surface area contributed by atoms with E-state index in [1.807, 2.05) is 86.9 Å². The van der Waals surface area contributed by atoms with Gasteiger partial charge in [-0.1, -0.05) is 84.0 Å². The fraction of sp³-hybridized carbons (Fsp3) is 0.200. The van der Waals surface area contributed by atoms with Gasteiger partial charge in [-0.15, -0.1) is 0 Å². The van der Waals surface area contributed by atoms with Crippen molar-refractivity contribution < 1.29 is 9.63 Å². The van der Waals surface area contributed by atoms with Gasteiger partial charge >= 0.3 is 6.03 Å². The minimum Gasteiger partial charge on any atom is -0.390 e. The van der Waals surface area contributed by atoms with Gasteiger partial charge in [-0.05, 0) is 34.7 Å². The lowest BCUT2D eigenvalue weighted by Gasteiger charge is -2.25. The second kappa shape index (κ2) is 10.5. The number of carbonyl (C=O) groups excluding carboxylic acids is 1. The molecule has 0 saturated carbocycles. The zero-order valence-corrected chi connectivity index (χ0v) is 20.6. The van der Waals surface area contributed by atoms with E-state index in [1.54, 1.807) is 4.90 Å². The van der Waals surface area contributed by atoms with E-state index in [9.17, 15) is 4.79 Å². The lowest BCUT2D eigenvalue weighted by atomic mass is 10.0. The molecule has 0 aliphatic carbocycles. The van der Waals surface area contributed by atoms with E-state index in [1.165, 1.54) is 0 Å². The van der Waals surface area contributed by atoms with Crippen molar-refractivity contribution in [2.24, 2.45) is 5.16 Å². The van der Waals surface area contributed by atoms with Gasteiger partial charge in [0.1, 0.15) is 0 Å². The highest BCUT2D eigenvalue weighted by atomic mass is 16.6. The number of nitrogens with zero attached hydrogens (tertiary/aromatic N) is 3. The minimum absolute atomic E-state index is 0.164. The summed E-state index contributed by atoms with van der Waals surface area (Å²) in [6.07, 6.45) is 0.434. The third kappa shape index (κ3) is 5.33. The zero-order valence-electron chi connectivity index (χ0n) is 20.6. The number of fused-ring (bicyclic) bond motifs is 1. The Labute approximate surface area is 211 Å². The molecule has 1 atom stereocenters. The molecule has 5 rings (SSSR count). The van der Waals surface area contributed by atoms with Crippen molar-refractivity contribution in [3.63, 3.8) is 0 Å². The van der Waals surface area contributed by atoms with Gasteiger partial charge in [0, 0.05) is 38.1 Å². The molecule has 4 aromatic carbocycles. The van der Waals surface area contributed by atoms with Gasteiger partial charge in [0.15, 0.2) is 6.10 Å². The van der Waals surface area contributed by atoms with Crippen LogP contribution in [0.1, 0.15) is 17.5 Å². The van der Waals surface area contributed by atoms with Gasteiger partial charge in [-0.3, -0.25) is 0 Å². The van der Waals surface area contributed by atoms with Crippen molar-refractivity contribution >= 4 is 33.9 Å². The molecular weight excluding hydrogens is 448 g/mol. The number of amides is 2. The van der Waals surface area contributed by atoms with E-state index < -0.39 is 0 Å². The topological polar surface area (TPSA) is 57.2 Å². The normalized spacial score (nSPS) is 14.7. The highest BCUT2D eigenvalue weighted by molar-refractivity contribution is 6.02. The first-order valence-corrected chi connectivity index (χ1v) is 12.1. The summed E-state index contributed by atoms with van der Waals surface area (Å²) in [6.45, 7) is 0.901. The fourth-order valence-electron chi connectivity index (χ4n) is 4.45. The third-order valence-electron chi connectivity index (χ3n) is 6.41. The molecule has 1 unspecified atom stereocenters. The standard InChI is InChI=1S/C30H30N4O2/c1-33(2)25-17-15-24(16-18-25)29-19-26(36-32-29)21-34(20-22-9-4-3-5-10-22)30(35)31-28-14-8-12-23-11-6-7-13-27(23)28/h3-18,26H,19-21H2,1-2H3,(H,31,35). The summed E-state index contributed by atoms with van der Waals surface area (Å²) < 4.78 is 0. The number of rotatable bonds is 7. The summed E-state index contributed by atoms with van der Waals surface area (Å²) in [7, 11) is 4.04. The Bertz CT molecular complexity index is 1360. The number of anilines is 2. The first-order chi connectivity index (χ1) is 17.6. The number of urea groups is 1. The average Bonchev–Trinajstić information content (AvgIpc) is 3.38. The largest absolute Gasteiger partial charge is 0.390 e. The molecular formula is C30H30N4O2. The van der Waals surface area contributed by atoms with Gasteiger partial charge < -0.3 is 20.0 Å². The van der Waals surface area contributed by atoms with E-state index in [0.717, 1.165) is 39.0 Å². The van der Waals surface area contributed by atoms with Crippen molar-refractivity contribution in [2.75, 3.05) is 30.9 Å². The second-order valence-corrected chi connectivity index (χ2v) is 9.23. The van der Waals surface area contributed by atoms with Crippen LogP contribution < -0.4 is 10.2 Å². The summed E-state index contributed by atoms with van der Waals surface area (Å²) >= 11 is 0. The Morgan fingerprint density at radius 2 is 1.64 bits per heavy atom. The number of oxime groups is 1. The van der Waals surface area contributed by atoms with Crippen molar-refractivity contribution in [2.45, 2.75) is 19.1 Å². The van der Waals surface area contributed by atoms with Gasteiger partial charge in [-0.2, -0.15) is 0 Å². The molecule has 2 amide bonds. The van der Waals surface area contributed by atoms with Gasteiger partial charge in [-0.25, -0.2) is 4.79 Å². The number of nitrogens with one attached hydrogen (secondary N) is 1. The van der Waals surface area contributed by atoms with Crippen molar-refractivity contribution in [3.8, 4) is 0 Å². The van der Waals surface area contributed by atoms with E-state index in [2.05, 4.69) is 39.6 Å². The van der Waals surface area contributed by atoms with E-state index in [4.69, 9.17) is 4.84 Å². The summed E-state index contributed by atoms with van der Waals surface area (Å²) in [5.41, 5.74) is 4.93.